The van der Waals surface area contributed by atoms with E-state index in [9.17, 15) is 9.59 Å². The summed E-state index contributed by atoms with van der Waals surface area (Å²) in [5, 5.41) is 6.30. The summed E-state index contributed by atoms with van der Waals surface area (Å²) in [6.45, 7) is 3.83. The lowest BCUT2D eigenvalue weighted by Gasteiger charge is -2.27. The van der Waals surface area contributed by atoms with Crippen LogP contribution in [-0.4, -0.2) is 44.4 Å². The Morgan fingerprint density at radius 1 is 1.16 bits per heavy atom. The van der Waals surface area contributed by atoms with Gasteiger partial charge in [0.05, 0.1) is 23.8 Å². The number of carbonyl (C=O) groups excluding carboxylic acids is 2. The smallest absolute Gasteiger partial charge is 0.316 e. The number of anilines is 4. The van der Waals surface area contributed by atoms with Crippen molar-refractivity contribution < 1.29 is 9.59 Å². The van der Waals surface area contributed by atoms with Gasteiger partial charge >= 0.3 is 6.03 Å². The number of primary amides is 2. The normalized spacial score (nSPS) is 13.0. The fourth-order valence-corrected chi connectivity index (χ4v) is 3.70. The maximum Gasteiger partial charge on any atom is 0.316 e. The first-order valence-corrected chi connectivity index (χ1v) is 10.8. The van der Waals surface area contributed by atoms with Crippen LogP contribution >= 0.6 is 11.5 Å². The van der Waals surface area contributed by atoms with Gasteiger partial charge in [-0.3, -0.25) is 9.78 Å². The standard InChI is InChI=1S/C14H18N6OS.C6H7N3O/c1-9-7-11(22-19-9)18-14-12(13(15)21)16-8-10(17-14)20-5-3-2-4-6-20;7-6(10)9-5-2-1-3-8-4-5/h7-8H,2-6H2,1H3,(H2,15,21)(H,17,18);1-4H,(H3,7,9,10). The third kappa shape index (κ3) is 6.60. The zero-order chi connectivity index (χ0) is 22.9. The average molecular weight is 456 g/mol. The molecule has 0 unspecified atom stereocenters. The number of piperidine rings is 1. The summed E-state index contributed by atoms with van der Waals surface area (Å²) >= 11 is 1.31. The Morgan fingerprint density at radius 3 is 2.53 bits per heavy atom. The average Bonchev–Trinajstić information content (AvgIpc) is 3.19. The zero-order valence-electron chi connectivity index (χ0n) is 17.6. The van der Waals surface area contributed by atoms with E-state index in [1.807, 2.05) is 13.0 Å². The Bertz CT molecular complexity index is 1050. The molecule has 32 heavy (non-hydrogen) atoms. The molecule has 1 saturated heterocycles. The molecule has 4 rings (SSSR count). The van der Waals surface area contributed by atoms with Crippen LogP contribution in [0.25, 0.3) is 0 Å². The van der Waals surface area contributed by atoms with Gasteiger partial charge in [0, 0.05) is 19.3 Å². The Morgan fingerprint density at radius 2 is 1.94 bits per heavy atom. The molecule has 0 bridgehead atoms. The van der Waals surface area contributed by atoms with Crippen molar-refractivity contribution in [2.24, 2.45) is 11.5 Å². The lowest BCUT2D eigenvalue weighted by atomic mass is 10.1. The van der Waals surface area contributed by atoms with Gasteiger partial charge in [0.1, 0.15) is 10.8 Å². The minimum absolute atomic E-state index is 0.145. The quantitative estimate of drug-likeness (QED) is 0.456. The minimum atomic E-state index is -0.596. The zero-order valence-corrected chi connectivity index (χ0v) is 18.4. The Labute approximate surface area is 189 Å². The van der Waals surface area contributed by atoms with Gasteiger partial charge in [0.25, 0.3) is 5.91 Å². The predicted octanol–water partition coefficient (Wildman–Crippen LogP) is 2.65. The van der Waals surface area contributed by atoms with E-state index in [1.165, 1.54) is 24.2 Å². The van der Waals surface area contributed by atoms with Crippen LogP contribution in [0.3, 0.4) is 0 Å². The second-order valence-electron chi connectivity index (χ2n) is 7.03. The molecular formula is C20H25N9O2S. The lowest BCUT2D eigenvalue weighted by Crippen LogP contribution is -2.30. The summed E-state index contributed by atoms with van der Waals surface area (Å²) in [7, 11) is 0. The summed E-state index contributed by atoms with van der Waals surface area (Å²) in [5.74, 6) is 0.564. The summed E-state index contributed by atoms with van der Waals surface area (Å²) in [5.41, 5.74) is 11.9. The van der Waals surface area contributed by atoms with Crippen LogP contribution in [-0.2, 0) is 0 Å². The number of nitrogens with zero attached hydrogens (tertiary/aromatic N) is 5. The van der Waals surface area contributed by atoms with Crippen molar-refractivity contribution in [2.75, 3.05) is 28.6 Å². The third-order valence-corrected chi connectivity index (χ3v) is 5.27. The van der Waals surface area contributed by atoms with Crippen LogP contribution in [0.5, 0.6) is 0 Å². The van der Waals surface area contributed by atoms with Gasteiger partial charge in [0.15, 0.2) is 11.5 Å². The van der Waals surface area contributed by atoms with Gasteiger partial charge in [-0.15, -0.1) is 0 Å². The van der Waals surface area contributed by atoms with E-state index in [4.69, 9.17) is 11.5 Å². The summed E-state index contributed by atoms with van der Waals surface area (Å²) in [6.07, 6.45) is 8.30. The number of urea groups is 1. The Hall–Kier alpha value is -3.80. The van der Waals surface area contributed by atoms with E-state index >= 15 is 0 Å². The molecule has 1 aliphatic rings. The molecule has 0 aliphatic carbocycles. The predicted molar refractivity (Wildman–Crippen MR) is 124 cm³/mol. The number of pyridine rings is 1. The van der Waals surface area contributed by atoms with Gasteiger partial charge < -0.3 is 27.0 Å². The highest BCUT2D eigenvalue weighted by atomic mass is 32.1. The summed E-state index contributed by atoms with van der Waals surface area (Å²) < 4.78 is 4.20. The number of hydrogen-bond acceptors (Lipinski definition) is 9. The van der Waals surface area contributed by atoms with Crippen molar-refractivity contribution in [3.8, 4) is 0 Å². The fourth-order valence-electron chi connectivity index (χ4n) is 3.04. The molecular weight excluding hydrogens is 430 g/mol. The van der Waals surface area contributed by atoms with Crippen LogP contribution in [0.2, 0.25) is 0 Å². The summed E-state index contributed by atoms with van der Waals surface area (Å²) in [4.78, 5) is 36.5. The number of amides is 3. The molecule has 0 aromatic carbocycles. The van der Waals surface area contributed by atoms with Gasteiger partial charge in [0.2, 0.25) is 0 Å². The monoisotopic (exact) mass is 455 g/mol. The molecule has 11 nitrogen and oxygen atoms in total. The first kappa shape index (κ1) is 22.9. The molecule has 1 fully saturated rings. The van der Waals surface area contributed by atoms with Gasteiger partial charge in [-0.05, 0) is 55.9 Å². The number of nitrogens with one attached hydrogen (secondary N) is 2. The van der Waals surface area contributed by atoms with Crippen LogP contribution in [0.1, 0.15) is 35.4 Å². The molecule has 3 aromatic heterocycles. The molecule has 168 valence electrons. The molecule has 3 aromatic rings. The molecule has 4 heterocycles. The van der Waals surface area contributed by atoms with Crippen LogP contribution < -0.4 is 27.0 Å². The molecule has 0 saturated carbocycles. The Balaban J connectivity index is 0.000000243. The van der Waals surface area contributed by atoms with E-state index in [-0.39, 0.29) is 5.69 Å². The molecule has 0 radical (unpaired) electrons. The first-order valence-electron chi connectivity index (χ1n) is 10.0. The maximum atomic E-state index is 11.6. The third-order valence-electron chi connectivity index (χ3n) is 4.47. The molecule has 0 atom stereocenters. The number of nitrogens with two attached hydrogens (primary N) is 2. The maximum absolute atomic E-state index is 11.6. The fraction of sp³-hybridized carbons (Fsp3) is 0.300. The van der Waals surface area contributed by atoms with Crippen molar-refractivity contribution in [2.45, 2.75) is 26.2 Å². The van der Waals surface area contributed by atoms with E-state index in [0.29, 0.717) is 11.5 Å². The van der Waals surface area contributed by atoms with Crippen molar-refractivity contribution in [3.63, 3.8) is 0 Å². The molecule has 3 amide bonds. The number of rotatable bonds is 5. The number of aryl methyl sites for hydroxylation is 1. The van der Waals surface area contributed by atoms with Gasteiger partial charge in [-0.2, -0.15) is 4.37 Å². The van der Waals surface area contributed by atoms with Crippen molar-refractivity contribution in [1.29, 1.82) is 0 Å². The van der Waals surface area contributed by atoms with Crippen molar-refractivity contribution in [3.05, 3.63) is 48.2 Å². The van der Waals surface area contributed by atoms with Gasteiger partial charge in [-0.25, -0.2) is 14.8 Å². The van der Waals surface area contributed by atoms with E-state index in [2.05, 4.69) is 34.9 Å². The van der Waals surface area contributed by atoms with Crippen molar-refractivity contribution >= 4 is 45.8 Å². The second-order valence-corrected chi connectivity index (χ2v) is 7.83. The van der Waals surface area contributed by atoms with Crippen molar-refractivity contribution in [1.82, 2.24) is 19.3 Å². The first-order chi connectivity index (χ1) is 15.4. The number of aromatic nitrogens is 4. The second kappa shape index (κ2) is 11.0. The number of hydrogen-bond donors (Lipinski definition) is 4. The van der Waals surface area contributed by atoms with E-state index in [1.54, 1.807) is 24.5 Å². The van der Waals surface area contributed by atoms with Crippen LogP contribution in [0.15, 0.2) is 36.8 Å². The molecule has 0 spiro atoms. The van der Waals surface area contributed by atoms with Gasteiger partial charge in [-0.1, -0.05) is 0 Å². The number of carbonyl (C=O) groups is 2. The Kier molecular flexibility index (Phi) is 7.86. The lowest BCUT2D eigenvalue weighted by molar-refractivity contribution is 0.0996. The highest BCUT2D eigenvalue weighted by molar-refractivity contribution is 7.10. The van der Waals surface area contributed by atoms with Crippen LogP contribution in [0.4, 0.5) is 27.1 Å². The molecule has 6 N–H and O–H groups in total. The highest BCUT2D eigenvalue weighted by Crippen LogP contribution is 2.25. The minimum Gasteiger partial charge on any atom is -0.364 e. The summed E-state index contributed by atoms with van der Waals surface area (Å²) in [6, 6.07) is 4.74. The van der Waals surface area contributed by atoms with Crippen LogP contribution in [0, 0.1) is 6.92 Å². The highest BCUT2D eigenvalue weighted by Gasteiger charge is 2.18. The van der Waals surface area contributed by atoms with E-state index in [0.717, 1.165) is 42.4 Å². The largest absolute Gasteiger partial charge is 0.364 e. The SMILES string of the molecule is Cc1cc(Nc2nc(N3CCCCC3)cnc2C(N)=O)sn1.NC(=O)Nc1cccnc1. The van der Waals surface area contributed by atoms with E-state index < -0.39 is 11.9 Å². The molecule has 12 heteroatoms. The molecule has 1 aliphatic heterocycles. The topological polar surface area (TPSA) is 165 Å².